The average Bonchev–Trinajstić information content (AvgIpc) is 2.76. The number of amides is 1. The molecule has 0 aromatic carbocycles. The zero-order valence-electron chi connectivity index (χ0n) is 12.3. The summed E-state index contributed by atoms with van der Waals surface area (Å²) in [5.41, 5.74) is 0. The Morgan fingerprint density at radius 1 is 1.32 bits per heavy atom. The normalized spacial score (nSPS) is 25.5. The minimum Gasteiger partial charge on any atom is -0.481 e. The van der Waals surface area contributed by atoms with Gasteiger partial charge in [0.25, 0.3) is 0 Å². The molecule has 0 bridgehead atoms. The molecule has 1 aliphatic heterocycles. The quantitative estimate of drug-likeness (QED) is 0.764. The molecule has 0 spiro atoms. The first-order valence-electron chi connectivity index (χ1n) is 7.17. The van der Waals surface area contributed by atoms with E-state index in [9.17, 15) is 9.59 Å². The third kappa shape index (κ3) is 3.93. The minimum atomic E-state index is -0.761. The number of nitrogens with one attached hydrogen (secondary N) is 1. The maximum absolute atomic E-state index is 12.1. The fourth-order valence-electron chi connectivity index (χ4n) is 2.62. The third-order valence-corrected chi connectivity index (χ3v) is 4.22. The van der Waals surface area contributed by atoms with Crippen molar-refractivity contribution in [2.24, 2.45) is 11.8 Å². The number of carboxylic acids is 1. The van der Waals surface area contributed by atoms with Gasteiger partial charge in [-0.25, -0.2) is 0 Å². The lowest BCUT2D eigenvalue weighted by molar-refractivity contribution is -0.142. The molecule has 3 atom stereocenters. The molecule has 5 heteroatoms. The van der Waals surface area contributed by atoms with Gasteiger partial charge < -0.3 is 10.4 Å². The molecule has 2 N–H and O–H groups in total. The topological polar surface area (TPSA) is 69.6 Å². The van der Waals surface area contributed by atoms with E-state index >= 15 is 0 Å². The second-order valence-electron chi connectivity index (χ2n) is 5.57. The highest BCUT2D eigenvalue weighted by Gasteiger charge is 2.38. The van der Waals surface area contributed by atoms with Crippen LogP contribution in [0.25, 0.3) is 0 Å². The molecule has 1 fully saturated rings. The fourth-order valence-corrected chi connectivity index (χ4v) is 2.62. The van der Waals surface area contributed by atoms with Gasteiger partial charge in [-0.15, -0.1) is 0 Å². The average molecular weight is 270 g/mol. The predicted molar refractivity (Wildman–Crippen MR) is 73.8 cm³/mol. The van der Waals surface area contributed by atoms with E-state index < -0.39 is 5.97 Å². The molecule has 1 heterocycles. The van der Waals surface area contributed by atoms with Gasteiger partial charge in [0.1, 0.15) is 0 Å². The first-order chi connectivity index (χ1) is 8.90. The molecule has 1 unspecified atom stereocenters. The van der Waals surface area contributed by atoms with Crippen LogP contribution >= 0.6 is 0 Å². The maximum atomic E-state index is 12.1. The Balaban J connectivity index is 2.56. The molecule has 5 nitrogen and oxygen atoms in total. The molecular formula is C14H26N2O3. The summed E-state index contributed by atoms with van der Waals surface area (Å²) in [7, 11) is 0. The van der Waals surface area contributed by atoms with E-state index in [1.165, 1.54) is 0 Å². The minimum absolute atomic E-state index is 0.00642. The van der Waals surface area contributed by atoms with Gasteiger partial charge in [-0.2, -0.15) is 0 Å². The summed E-state index contributed by atoms with van der Waals surface area (Å²) in [6.07, 6.45) is 1.84. The molecule has 0 aliphatic carbocycles. The Bertz CT molecular complexity index is 329. The van der Waals surface area contributed by atoms with Crippen molar-refractivity contribution in [1.82, 2.24) is 10.2 Å². The van der Waals surface area contributed by atoms with Crippen LogP contribution in [0, 0.1) is 11.8 Å². The standard InChI is InChI=1S/C14H26N2O3/c1-5-11(6-2)15-13(17)10(4)16-7-9(3)12(8-16)14(18)19/h9-12H,5-8H2,1-4H3,(H,15,17)(H,18,19)/t9-,10?,12-/m1/s1. The molecule has 1 amide bonds. The van der Waals surface area contributed by atoms with Crippen molar-refractivity contribution in [1.29, 1.82) is 0 Å². The molecule has 1 rings (SSSR count). The first-order valence-corrected chi connectivity index (χ1v) is 7.17. The molecule has 1 saturated heterocycles. The maximum Gasteiger partial charge on any atom is 0.308 e. The van der Waals surface area contributed by atoms with Crippen LogP contribution in [-0.4, -0.2) is 47.1 Å². The summed E-state index contributed by atoms with van der Waals surface area (Å²) in [5, 5.41) is 12.1. The van der Waals surface area contributed by atoms with E-state index in [-0.39, 0.29) is 29.8 Å². The molecule has 0 saturated carbocycles. The highest BCUT2D eigenvalue weighted by Crippen LogP contribution is 2.24. The van der Waals surface area contributed by atoms with Gasteiger partial charge in [0.2, 0.25) is 5.91 Å². The van der Waals surface area contributed by atoms with Crippen LogP contribution in [0.3, 0.4) is 0 Å². The van der Waals surface area contributed by atoms with Crippen LogP contribution in [0.15, 0.2) is 0 Å². The van der Waals surface area contributed by atoms with Crippen LogP contribution in [0.5, 0.6) is 0 Å². The van der Waals surface area contributed by atoms with Gasteiger partial charge in [0.05, 0.1) is 12.0 Å². The monoisotopic (exact) mass is 270 g/mol. The van der Waals surface area contributed by atoms with Gasteiger partial charge in [-0.1, -0.05) is 20.8 Å². The number of nitrogens with zero attached hydrogens (tertiary/aromatic N) is 1. The smallest absolute Gasteiger partial charge is 0.308 e. The largest absolute Gasteiger partial charge is 0.481 e. The number of rotatable bonds is 6. The Morgan fingerprint density at radius 2 is 1.89 bits per heavy atom. The Morgan fingerprint density at radius 3 is 2.32 bits per heavy atom. The summed E-state index contributed by atoms with van der Waals surface area (Å²) in [6, 6.07) is -0.0438. The number of carbonyl (C=O) groups excluding carboxylic acids is 1. The van der Waals surface area contributed by atoms with Crippen molar-refractivity contribution < 1.29 is 14.7 Å². The van der Waals surface area contributed by atoms with E-state index in [0.29, 0.717) is 13.1 Å². The van der Waals surface area contributed by atoms with E-state index in [1.54, 1.807) is 0 Å². The molecule has 0 aromatic rings. The predicted octanol–water partition coefficient (Wildman–Crippen LogP) is 1.33. The van der Waals surface area contributed by atoms with Gasteiger partial charge in [-0.05, 0) is 25.7 Å². The molecular weight excluding hydrogens is 244 g/mol. The molecule has 19 heavy (non-hydrogen) atoms. The van der Waals surface area contributed by atoms with Crippen molar-refractivity contribution in [3.05, 3.63) is 0 Å². The third-order valence-electron chi connectivity index (χ3n) is 4.22. The second-order valence-corrected chi connectivity index (χ2v) is 5.57. The number of carboxylic acid groups (broad SMARTS) is 1. The van der Waals surface area contributed by atoms with Crippen LogP contribution < -0.4 is 5.32 Å². The van der Waals surface area contributed by atoms with Gasteiger partial charge in [0.15, 0.2) is 0 Å². The summed E-state index contributed by atoms with van der Waals surface area (Å²) in [6.45, 7) is 9.04. The van der Waals surface area contributed by atoms with E-state index in [1.807, 2.05) is 18.7 Å². The zero-order chi connectivity index (χ0) is 14.6. The summed E-state index contributed by atoms with van der Waals surface area (Å²) >= 11 is 0. The second kappa shape index (κ2) is 6.89. The highest BCUT2D eigenvalue weighted by atomic mass is 16.4. The van der Waals surface area contributed by atoms with Crippen molar-refractivity contribution in [3.63, 3.8) is 0 Å². The number of aliphatic carboxylic acids is 1. The Hall–Kier alpha value is -1.10. The summed E-state index contributed by atoms with van der Waals surface area (Å²) < 4.78 is 0. The Kier molecular flexibility index (Phi) is 5.79. The number of likely N-dealkylation sites (tertiary alicyclic amines) is 1. The van der Waals surface area contributed by atoms with Crippen molar-refractivity contribution >= 4 is 11.9 Å². The zero-order valence-corrected chi connectivity index (χ0v) is 12.3. The van der Waals surface area contributed by atoms with E-state index in [2.05, 4.69) is 19.2 Å². The SMILES string of the molecule is CCC(CC)NC(=O)C(C)N1C[C@@H](C)[C@H](C(=O)O)C1. The van der Waals surface area contributed by atoms with Crippen molar-refractivity contribution in [2.75, 3.05) is 13.1 Å². The lowest BCUT2D eigenvalue weighted by Gasteiger charge is -2.25. The van der Waals surface area contributed by atoms with Crippen LogP contribution in [0.1, 0.15) is 40.5 Å². The summed E-state index contributed by atoms with van der Waals surface area (Å²) in [5.74, 6) is -1.01. The van der Waals surface area contributed by atoms with E-state index in [4.69, 9.17) is 5.11 Å². The highest BCUT2D eigenvalue weighted by molar-refractivity contribution is 5.82. The fraction of sp³-hybridized carbons (Fsp3) is 0.857. The van der Waals surface area contributed by atoms with Crippen LogP contribution in [0.4, 0.5) is 0 Å². The number of hydrogen-bond acceptors (Lipinski definition) is 3. The van der Waals surface area contributed by atoms with Crippen molar-refractivity contribution in [2.45, 2.75) is 52.6 Å². The molecule has 0 aromatic heterocycles. The van der Waals surface area contributed by atoms with Crippen LogP contribution in [0.2, 0.25) is 0 Å². The van der Waals surface area contributed by atoms with Gasteiger partial charge in [-0.3, -0.25) is 14.5 Å². The molecule has 0 radical (unpaired) electrons. The molecule has 1 aliphatic rings. The lowest BCUT2D eigenvalue weighted by atomic mass is 9.99. The number of hydrogen-bond donors (Lipinski definition) is 2. The van der Waals surface area contributed by atoms with E-state index in [0.717, 1.165) is 12.8 Å². The number of carbonyl (C=O) groups is 2. The Labute approximate surface area is 115 Å². The van der Waals surface area contributed by atoms with Crippen molar-refractivity contribution in [3.8, 4) is 0 Å². The molecule has 110 valence electrons. The summed E-state index contributed by atoms with van der Waals surface area (Å²) in [4.78, 5) is 25.2. The lowest BCUT2D eigenvalue weighted by Crippen LogP contribution is -2.47. The van der Waals surface area contributed by atoms with Gasteiger partial charge in [0, 0.05) is 19.1 Å². The van der Waals surface area contributed by atoms with Gasteiger partial charge >= 0.3 is 5.97 Å². The van der Waals surface area contributed by atoms with Crippen LogP contribution in [-0.2, 0) is 9.59 Å². The first kappa shape index (κ1) is 16.0.